The molecule has 0 radical (unpaired) electrons. The average molecular weight is 309 g/mol. The maximum Gasteiger partial charge on any atom is 0.249 e. The maximum absolute atomic E-state index is 12.1. The summed E-state index contributed by atoms with van der Waals surface area (Å²) in [4.78, 5) is 12.1. The van der Waals surface area contributed by atoms with E-state index in [1.165, 1.54) is 0 Å². The fraction of sp³-hybridized carbons (Fsp3) is 0.933. The zero-order chi connectivity index (χ0) is 15.1. The number of carbonyl (C=O) groups is 1. The molecule has 0 bridgehead atoms. The second-order valence-corrected chi connectivity index (χ2v) is 6.55. The van der Waals surface area contributed by atoms with Gasteiger partial charge in [-0.25, -0.2) is 0 Å². The summed E-state index contributed by atoms with van der Waals surface area (Å²) in [6, 6.07) is 0. The monoisotopic (exact) mass is 308 g/mol. The first-order chi connectivity index (χ1) is 8.70. The number of hydrogen-bond acceptors (Lipinski definition) is 3. The van der Waals surface area contributed by atoms with Gasteiger partial charge in [-0.2, -0.15) is 0 Å². The van der Waals surface area contributed by atoms with Crippen LogP contribution >= 0.6 is 12.4 Å². The lowest BCUT2D eigenvalue weighted by Crippen LogP contribution is -2.54. The Bertz CT molecular complexity index is 273. The number of carbonyl (C=O) groups excluding carboxylic acids is 1. The molecule has 0 saturated carbocycles. The number of halogens is 1. The van der Waals surface area contributed by atoms with E-state index >= 15 is 0 Å². The first-order valence-corrected chi connectivity index (χ1v) is 7.34. The van der Waals surface area contributed by atoms with Gasteiger partial charge in [0.15, 0.2) is 0 Å². The lowest BCUT2D eigenvalue weighted by atomic mass is 9.90. The van der Waals surface area contributed by atoms with Crippen LogP contribution in [0.3, 0.4) is 0 Å². The highest BCUT2D eigenvalue weighted by Gasteiger charge is 2.28. The summed E-state index contributed by atoms with van der Waals surface area (Å²) in [5.41, 5.74) is 5.44. The van der Waals surface area contributed by atoms with Gasteiger partial charge in [-0.1, -0.05) is 27.7 Å². The minimum absolute atomic E-state index is 0. The molecule has 0 aromatic heterocycles. The molecule has 2 unspecified atom stereocenters. The van der Waals surface area contributed by atoms with E-state index < -0.39 is 6.10 Å². The van der Waals surface area contributed by atoms with Gasteiger partial charge < -0.3 is 15.8 Å². The molecular formula is C15H33ClN2O2. The third-order valence-electron chi connectivity index (χ3n) is 3.17. The van der Waals surface area contributed by atoms with Crippen molar-refractivity contribution in [2.24, 2.45) is 17.6 Å². The zero-order valence-corrected chi connectivity index (χ0v) is 14.7. The maximum atomic E-state index is 12.1. The third kappa shape index (κ3) is 9.56. The van der Waals surface area contributed by atoms with Crippen molar-refractivity contribution in [1.29, 1.82) is 0 Å². The van der Waals surface area contributed by atoms with Crippen LogP contribution < -0.4 is 11.1 Å². The van der Waals surface area contributed by atoms with Gasteiger partial charge in [-0.3, -0.25) is 4.79 Å². The molecule has 20 heavy (non-hydrogen) atoms. The van der Waals surface area contributed by atoms with Crippen LogP contribution in [0, 0.1) is 11.8 Å². The molecular weight excluding hydrogens is 276 g/mol. The second-order valence-electron chi connectivity index (χ2n) is 6.55. The molecule has 0 rings (SSSR count). The van der Waals surface area contributed by atoms with Gasteiger partial charge in [0.25, 0.3) is 0 Å². The highest BCUT2D eigenvalue weighted by Crippen LogP contribution is 2.15. The van der Waals surface area contributed by atoms with Crippen molar-refractivity contribution in [3.63, 3.8) is 0 Å². The van der Waals surface area contributed by atoms with E-state index in [1.54, 1.807) is 6.92 Å². The molecule has 1 amide bonds. The molecule has 5 heteroatoms. The fourth-order valence-electron chi connectivity index (χ4n) is 2.04. The Morgan fingerprint density at radius 1 is 1.20 bits per heavy atom. The van der Waals surface area contributed by atoms with Crippen molar-refractivity contribution in [2.75, 3.05) is 13.2 Å². The molecule has 122 valence electrons. The Hall–Kier alpha value is -0.320. The highest BCUT2D eigenvalue weighted by molar-refractivity contribution is 5.85. The molecule has 3 N–H and O–H groups in total. The summed E-state index contributed by atoms with van der Waals surface area (Å²) in [5, 5.41) is 3.02. The number of ether oxygens (including phenoxy) is 1. The van der Waals surface area contributed by atoms with Crippen molar-refractivity contribution in [3.05, 3.63) is 0 Å². The van der Waals surface area contributed by atoms with Crippen LogP contribution in [0.25, 0.3) is 0 Å². The summed E-state index contributed by atoms with van der Waals surface area (Å²) in [6.45, 7) is 13.4. The van der Waals surface area contributed by atoms with Crippen LogP contribution in [0.5, 0.6) is 0 Å². The van der Waals surface area contributed by atoms with Gasteiger partial charge >= 0.3 is 0 Å². The van der Waals surface area contributed by atoms with Crippen molar-refractivity contribution in [1.82, 2.24) is 5.32 Å². The number of hydrogen-bond donors (Lipinski definition) is 2. The lowest BCUT2D eigenvalue weighted by Gasteiger charge is -2.32. The minimum atomic E-state index is -0.420. The molecule has 0 aliphatic rings. The van der Waals surface area contributed by atoms with Gasteiger partial charge in [-0.15, -0.1) is 12.4 Å². The van der Waals surface area contributed by atoms with Crippen LogP contribution in [-0.4, -0.2) is 30.7 Å². The minimum Gasteiger partial charge on any atom is -0.369 e. The largest absolute Gasteiger partial charge is 0.369 e. The molecule has 0 heterocycles. The lowest BCUT2D eigenvalue weighted by molar-refractivity contribution is -0.133. The van der Waals surface area contributed by atoms with E-state index in [1.807, 2.05) is 6.92 Å². The van der Waals surface area contributed by atoms with Crippen molar-refractivity contribution in [3.8, 4) is 0 Å². The quantitative estimate of drug-likeness (QED) is 0.688. The fourth-order valence-corrected chi connectivity index (χ4v) is 2.04. The van der Waals surface area contributed by atoms with Crippen molar-refractivity contribution < 1.29 is 9.53 Å². The normalized spacial score (nSPS) is 15.7. The van der Waals surface area contributed by atoms with Gasteiger partial charge in [-0.05, 0) is 38.5 Å². The first-order valence-electron chi connectivity index (χ1n) is 7.34. The predicted octanol–water partition coefficient (Wildman–Crippen LogP) is 2.74. The van der Waals surface area contributed by atoms with E-state index in [2.05, 4.69) is 33.0 Å². The number of amides is 1. The van der Waals surface area contributed by atoms with Crippen LogP contribution in [0.1, 0.15) is 54.4 Å². The first kappa shape index (κ1) is 22.0. The van der Waals surface area contributed by atoms with Crippen molar-refractivity contribution in [2.45, 2.75) is 66.0 Å². The summed E-state index contributed by atoms with van der Waals surface area (Å²) in [7, 11) is 0. The molecule has 2 atom stereocenters. The highest BCUT2D eigenvalue weighted by atomic mass is 35.5. The summed E-state index contributed by atoms with van der Waals surface area (Å²) in [5.74, 6) is 1.01. The number of rotatable bonds is 9. The van der Waals surface area contributed by atoms with Crippen LogP contribution in [0.4, 0.5) is 0 Å². The molecule has 0 fully saturated rings. The molecule has 0 saturated heterocycles. The van der Waals surface area contributed by atoms with E-state index in [-0.39, 0.29) is 23.9 Å². The van der Waals surface area contributed by atoms with Crippen LogP contribution in [0.15, 0.2) is 0 Å². The van der Waals surface area contributed by atoms with Crippen LogP contribution in [0.2, 0.25) is 0 Å². The zero-order valence-electron chi connectivity index (χ0n) is 13.9. The number of nitrogens with one attached hydrogen (secondary N) is 1. The molecule has 0 aliphatic heterocycles. The Morgan fingerprint density at radius 3 is 2.15 bits per heavy atom. The predicted molar refractivity (Wildman–Crippen MR) is 87.2 cm³/mol. The Morgan fingerprint density at radius 2 is 1.75 bits per heavy atom. The van der Waals surface area contributed by atoms with E-state index in [0.29, 0.717) is 25.0 Å². The van der Waals surface area contributed by atoms with Gasteiger partial charge in [0.2, 0.25) is 5.91 Å². The Kier molecular flexibility index (Phi) is 11.4. The molecule has 0 aromatic carbocycles. The average Bonchev–Trinajstić information content (AvgIpc) is 2.27. The van der Waals surface area contributed by atoms with Gasteiger partial charge in [0.1, 0.15) is 6.10 Å². The smallest absolute Gasteiger partial charge is 0.249 e. The summed E-state index contributed by atoms with van der Waals surface area (Å²) >= 11 is 0. The SMILES string of the molecule is CC(C)CCOC(C)C(=O)NC(C)(CN)CC(C)C.Cl. The molecule has 4 nitrogen and oxygen atoms in total. The molecule has 0 aliphatic carbocycles. The third-order valence-corrected chi connectivity index (χ3v) is 3.17. The standard InChI is InChI=1S/C15H32N2O2.ClH/c1-11(2)7-8-19-13(5)14(18)17-15(6,10-16)9-12(3)4;/h11-13H,7-10,16H2,1-6H3,(H,17,18);1H. The Balaban J connectivity index is 0. The summed E-state index contributed by atoms with van der Waals surface area (Å²) < 4.78 is 5.56. The van der Waals surface area contributed by atoms with Crippen LogP contribution in [-0.2, 0) is 9.53 Å². The van der Waals surface area contributed by atoms with E-state index in [4.69, 9.17) is 10.5 Å². The number of nitrogens with two attached hydrogens (primary N) is 1. The summed E-state index contributed by atoms with van der Waals surface area (Å²) in [6.07, 6.45) is 1.42. The van der Waals surface area contributed by atoms with Gasteiger partial charge in [0, 0.05) is 18.7 Å². The van der Waals surface area contributed by atoms with E-state index in [0.717, 1.165) is 12.8 Å². The molecule has 0 aromatic rings. The topological polar surface area (TPSA) is 64.3 Å². The van der Waals surface area contributed by atoms with Crippen molar-refractivity contribution >= 4 is 18.3 Å². The second kappa shape index (κ2) is 10.4. The van der Waals surface area contributed by atoms with Gasteiger partial charge in [0.05, 0.1) is 0 Å². The molecule has 0 spiro atoms. The van der Waals surface area contributed by atoms with E-state index in [9.17, 15) is 4.79 Å². The Labute approximate surface area is 130 Å².